The molecule has 0 spiro atoms. The van der Waals surface area contributed by atoms with Crippen LogP contribution < -0.4 is 9.47 Å². The van der Waals surface area contributed by atoms with Gasteiger partial charge in [-0.25, -0.2) is 9.97 Å². The van der Waals surface area contributed by atoms with Gasteiger partial charge in [0.25, 0.3) is 0 Å². The Morgan fingerprint density at radius 1 is 0.958 bits per heavy atom. The summed E-state index contributed by atoms with van der Waals surface area (Å²) in [7, 11) is 3.24. The zero-order valence-electron chi connectivity index (χ0n) is 13.1. The van der Waals surface area contributed by atoms with Gasteiger partial charge in [-0.2, -0.15) is 0 Å². The number of fused-ring (bicyclic) bond motifs is 1. The Bertz CT molecular complexity index is 906. The van der Waals surface area contributed by atoms with E-state index in [2.05, 4.69) is 25.9 Å². The Balaban J connectivity index is 1.97. The molecule has 1 heterocycles. The van der Waals surface area contributed by atoms with Gasteiger partial charge in [0.2, 0.25) is 0 Å². The third-order valence-electron chi connectivity index (χ3n) is 3.43. The molecule has 0 fully saturated rings. The first kappa shape index (κ1) is 16.7. The second kappa shape index (κ2) is 7.20. The van der Waals surface area contributed by atoms with E-state index in [1.54, 1.807) is 14.2 Å². The number of hydrogen-bond donors (Lipinski definition) is 0. The van der Waals surface area contributed by atoms with Gasteiger partial charge in [-0.15, -0.1) is 0 Å². The van der Waals surface area contributed by atoms with Gasteiger partial charge in [-0.3, -0.25) is 0 Å². The molecular weight excluding hydrogens is 392 g/mol. The van der Waals surface area contributed by atoms with Crippen LogP contribution in [-0.4, -0.2) is 24.2 Å². The minimum Gasteiger partial charge on any atom is -0.497 e. The van der Waals surface area contributed by atoms with Crippen molar-refractivity contribution in [3.05, 3.63) is 57.4 Å². The van der Waals surface area contributed by atoms with Gasteiger partial charge in [-0.05, 0) is 42.0 Å². The van der Waals surface area contributed by atoms with Crippen LogP contribution >= 0.6 is 27.5 Å². The molecule has 2 aromatic carbocycles. The summed E-state index contributed by atoms with van der Waals surface area (Å²) in [5.41, 5.74) is 1.71. The zero-order valence-corrected chi connectivity index (χ0v) is 15.4. The largest absolute Gasteiger partial charge is 0.497 e. The minimum absolute atomic E-state index is 0.421. The van der Waals surface area contributed by atoms with Crippen molar-refractivity contribution in [1.82, 2.24) is 9.97 Å². The molecule has 0 unspecified atom stereocenters. The first-order valence-corrected chi connectivity index (χ1v) is 8.30. The SMILES string of the molecule is COc1cc(/C=C/c2nc(Cl)c3cc(Br)ccc3n2)cc(OC)c1. The molecule has 0 radical (unpaired) electrons. The van der Waals surface area contributed by atoms with E-state index >= 15 is 0 Å². The summed E-state index contributed by atoms with van der Waals surface area (Å²) in [5, 5.41) is 1.23. The van der Waals surface area contributed by atoms with Crippen LogP contribution in [-0.2, 0) is 0 Å². The molecular formula is C18H14BrClN2O2. The van der Waals surface area contributed by atoms with Crippen LogP contribution in [0.2, 0.25) is 5.15 Å². The predicted octanol–water partition coefficient (Wildman–Crippen LogP) is 5.23. The molecule has 0 aliphatic rings. The van der Waals surface area contributed by atoms with Crippen molar-refractivity contribution in [3.63, 3.8) is 0 Å². The number of aromatic nitrogens is 2. The van der Waals surface area contributed by atoms with E-state index in [0.29, 0.717) is 11.0 Å². The third kappa shape index (κ3) is 3.68. The summed E-state index contributed by atoms with van der Waals surface area (Å²) in [4.78, 5) is 8.84. The van der Waals surface area contributed by atoms with Crippen molar-refractivity contribution in [3.8, 4) is 11.5 Å². The molecule has 0 aliphatic heterocycles. The highest BCUT2D eigenvalue weighted by atomic mass is 79.9. The van der Waals surface area contributed by atoms with Crippen LogP contribution in [0.5, 0.6) is 11.5 Å². The molecule has 0 aliphatic carbocycles. The molecule has 0 N–H and O–H groups in total. The average Bonchev–Trinajstić information content (AvgIpc) is 2.60. The van der Waals surface area contributed by atoms with Crippen molar-refractivity contribution in [2.75, 3.05) is 14.2 Å². The smallest absolute Gasteiger partial charge is 0.154 e. The van der Waals surface area contributed by atoms with Crippen molar-refractivity contribution in [2.24, 2.45) is 0 Å². The van der Waals surface area contributed by atoms with Gasteiger partial charge in [0, 0.05) is 15.9 Å². The first-order chi connectivity index (χ1) is 11.6. The molecule has 0 amide bonds. The Labute approximate surface area is 153 Å². The summed E-state index contributed by atoms with van der Waals surface area (Å²) in [5.74, 6) is 1.98. The van der Waals surface area contributed by atoms with Gasteiger partial charge in [0.1, 0.15) is 16.7 Å². The first-order valence-electron chi connectivity index (χ1n) is 7.13. The van der Waals surface area contributed by atoms with Crippen LogP contribution in [0, 0.1) is 0 Å². The van der Waals surface area contributed by atoms with E-state index in [4.69, 9.17) is 21.1 Å². The maximum absolute atomic E-state index is 6.27. The van der Waals surface area contributed by atoms with Crippen molar-refractivity contribution >= 4 is 50.6 Å². The number of hydrogen-bond acceptors (Lipinski definition) is 4. The zero-order chi connectivity index (χ0) is 17.1. The highest BCUT2D eigenvalue weighted by Crippen LogP contribution is 2.26. The molecule has 3 rings (SSSR count). The highest BCUT2D eigenvalue weighted by Gasteiger charge is 2.05. The van der Waals surface area contributed by atoms with Gasteiger partial charge in [-0.1, -0.05) is 33.6 Å². The second-order valence-electron chi connectivity index (χ2n) is 5.01. The van der Waals surface area contributed by atoms with Crippen molar-refractivity contribution < 1.29 is 9.47 Å². The lowest BCUT2D eigenvalue weighted by molar-refractivity contribution is 0.394. The van der Waals surface area contributed by atoms with Crippen LogP contribution in [0.1, 0.15) is 11.4 Å². The van der Waals surface area contributed by atoms with Crippen LogP contribution in [0.15, 0.2) is 40.9 Å². The lowest BCUT2D eigenvalue weighted by atomic mass is 10.2. The topological polar surface area (TPSA) is 44.2 Å². The summed E-state index contributed by atoms with van der Waals surface area (Å²) >= 11 is 9.69. The molecule has 0 atom stereocenters. The highest BCUT2D eigenvalue weighted by molar-refractivity contribution is 9.10. The number of rotatable bonds is 4. The number of methoxy groups -OCH3 is 2. The van der Waals surface area contributed by atoms with Gasteiger partial charge in [0.15, 0.2) is 5.82 Å². The number of benzene rings is 2. The normalized spacial score (nSPS) is 11.2. The van der Waals surface area contributed by atoms with Crippen molar-refractivity contribution in [2.45, 2.75) is 0 Å². The molecule has 3 aromatic rings. The number of halogens is 2. The van der Waals surface area contributed by atoms with Crippen molar-refractivity contribution in [1.29, 1.82) is 0 Å². The monoisotopic (exact) mass is 404 g/mol. The fourth-order valence-electron chi connectivity index (χ4n) is 2.25. The molecule has 4 nitrogen and oxygen atoms in total. The average molecular weight is 406 g/mol. The van der Waals surface area contributed by atoms with E-state index < -0.39 is 0 Å². The fraction of sp³-hybridized carbons (Fsp3) is 0.111. The minimum atomic E-state index is 0.421. The van der Waals surface area contributed by atoms with E-state index in [9.17, 15) is 0 Å². The molecule has 24 heavy (non-hydrogen) atoms. The van der Waals surface area contributed by atoms with Gasteiger partial charge < -0.3 is 9.47 Å². The fourth-order valence-corrected chi connectivity index (χ4v) is 2.85. The third-order valence-corrected chi connectivity index (χ3v) is 4.21. The van der Waals surface area contributed by atoms with Crippen LogP contribution in [0.3, 0.4) is 0 Å². The van der Waals surface area contributed by atoms with E-state index in [-0.39, 0.29) is 0 Å². The van der Waals surface area contributed by atoms with Gasteiger partial charge in [0.05, 0.1) is 19.7 Å². The maximum Gasteiger partial charge on any atom is 0.154 e. The lowest BCUT2D eigenvalue weighted by Crippen LogP contribution is -1.91. The lowest BCUT2D eigenvalue weighted by Gasteiger charge is -2.06. The predicted molar refractivity (Wildman–Crippen MR) is 101 cm³/mol. The Morgan fingerprint density at radius 2 is 1.67 bits per heavy atom. The molecule has 0 saturated carbocycles. The molecule has 0 bridgehead atoms. The second-order valence-corrected chi connectivity index (χ2v) is 6.29. The molecule has 1 aromatic heterocycles. The summed E-state index contributed by atoms with van der Waals surface area (Å²) in [6.07, 6.45) is 3.70. The Hall–Kier alpha value is -2.11. The van der Waals surface area contributed by atoms with Crippen LogP contribution in [0.4, 0.5) is 0 Å². The Kier molecular flexibility index (Phi) is 5.02. The number of nitrogens with zero attached hydrogens (tertiary/aromatic N) is 2. The van der Waals surface area contributed by atoms with Crippen LogP contribution in [0.25, 0.3) is 23.1 Å². The molecule has 6 heteroatoms. The summed E-state index contributed by atoms with van der Waals surface area (Å²) in [6.45, 7) is 0. The standard InChI is InChI=1S/C18H14BrClN2O2/c1-23-13-7-11(8-14(10-13)24-2)3-6-17-21-16-5-4-12(19)9-15(16)18(20)22-17/h3-10H,1-2H3/b6-3+. The summed E-state index contributed by atoms with van der Waals surface area (Å²) in [6, 6.07) is 11.3. The van der Waals surface area contributed by atoms with E-state index in [1.807, 2.05) is 48.6 Å². The quantitative estimate of drug-likeness (QED) is 0.557. The van der Waals surface area contributed by atoms with E-state index in [1.165, 1.54) is 0 Å². The summed E-state index contributed by atoms with van der Waals surface area (Å²) < 4.78 is 11.5. The number of ether oxygens (including phenoxy) is 2. The maximum atomic E-state index is 6.27. The molecule has 122 valence electrons. The van der Waals surface area contributed by atoms with Gasteiger partial charge >= 0.3 is 0 Å². The van der Waals surface area contributed by atoms with E-state index in [0.717, 1.165) is 32.4 Å². The molecule has 0 saturated heterocycles. The Morgan fingerprint density at radius 3 is 2.33 bits per heavy atom.